The van der Waals surface area contributed by atoms with E-state index >= 15 is 0 Å². The zero-order chi connectivity index (χ0) is 14.8. The highest BCUT2D eigenvalue weighted by atomic mass is 32.2. The summed E-state index contributed by atoms with van der Waals surface area (Å²) in [7, 11) is 0. The minimum atomic E-state index is -0.816. The van der Waals surface area contributed by atoms with Crippen LogP contribution in [0.5, 0.6) is 0 Å². The molecule has 20 heavy (non-hydrogen) atoms. The van der Waals surface area contributed by atoms with Crippen LogP contribution in [0.3, 0.4) is 0 Å². The number of rotatable bonds is 6. The lowest BCUT2D eigenvalue weighted by Gasteiger charge is -2.46. The molecule has 6 nitrogen and oxygen atoms in total. The lowest BCUT2D eigenvalue weighted by molar-refractivity contribution is -0.139. The van der Waals surface area contributed by atoms with Gasteiger partial charge in [0.05, 0.1) is 6.54 Å². The Balaban J connectivity index is 2.12. The predicted molar refractivity (Wildman–Crippen MR) is 75.8 cm³/mol. The third kappa shape index (κ3) is 2.50. The molecular formula is C12H16NO5S2. The molecule has 1 saturated heterocycles. The van der Waals surface area contributed by atoms with Gasteiger partial charge < -0.3 is 9.47 Å². The van der Waals surface area contributed by atoms with Gasteiger partial charge in [-0.3, -0.25) is 4.79 Å². The summed E-state index contributed by atoms with van der Waals surface area (Å²) < 4.78 is 9.11. The van der Waals surface area contributed by atoms with E-state index < -0.39 is 10.4 Å². The quantitative estimate of drug-likeness (QED) is 0.686. The molecule has 2 unspecified atom stereocenters. The molecule has 2 rings (SSSR count). The first kappa shape index (κ1) is 15.5. The molecule has 1 saturated carbocycles. The average Bonchev–Trinajstić information content (AvgIpc) is 2.83. The van der Waals surface area contributed by atoms with Gasteiger partial charge in [0.1, 0.15) is 6.61 Å². The van der Waals surface area contributed by atoms with Gasteiger partial charge in [0.15, 0.2) is 0 Å². The molecule has 1 radical (unpaired) electrons. The van der Waals surface area contributed by atoms with E-state index in [1.165, 1.54) is 30.0 Å². The van der Waals surface area contributed by atoms with Crippen LogP contribution < -0.4 is 0 Å². The van der Waals surface area contributed by atoms with E-state index in [1.807, 2.05) is 12.5 Å². The predicted octanol–water partition coefficient (Wildman–Crippen LogP) is 1.46. The van der Waals surface area contributed by atoms with E-state index in [1.54, 1.807) is 0 Å². The van der Waals surface area contributed by atoms with Crippen LogP contribution in [0.25, 0.3) is 0 Å². The molecule has 1 heterocycles. The molecule has 0 aromatic carbocycles. The first-order chi connectivity index (χ1) is 9.59. The zero-order valence-electron chi connectivity index (χ0n) is 11.3. The maximum atomic E-state index is 12.4. The van der Waals surface area contributed by atoms with Crippen molar-refractivity contribution in [3.05, 3.63) is 0 Å². The van der Waals surface area contributed by atoms with Crippen LogP contribution in [-0.2, 0) is 19.1 Å². The van der Waals surface area contributed by atoms with E-state index in [4.69, 9.17) is 9.47 Å². The van der Waals surface area contributed by atoms with E-state index in [2.05, 4.69) is 0 Å². The molecule has 0 bridgehead atoms. The number of imide groups is 1. The molecule has 2 amide bonds. The van der Waals surface area contributed by atoms with Gasteiger partial charge in [-0.1, -0.05) is 0 Å². The SMILES string of the molecule is CSC(O[C]=O)(SC)C1CCC1C(=O)N1CCOC1=O. The van der Waals surface area contributed by atoms with Crippen molar-refractivity contribution in [3.8, 4) is 0 Å². The summed E-state index contributed by atoms with van der Waals surface area (Å²) in [6.07, 6.45) is 4.55. The van der Waals surface area contributed by atoms with Crippen LogP contribution in [0.2, 0.25) is 0 Å². The van der Waals surface area contributed by atoms with Gasteiger partial charge in [-0.25, -0.2) is 14.5 Å². The van der Waals surface area contributed by atoms with Crippen LogP contribution in [0.4, 0.5) is 4.79 Å². The number of hydrogen-bond donors (Lipinski definition) is 0. The largest absolute Gasteiger partial charge is 0.447 e. The van der Waals surface area contributed by atoms with Crippen molar-refractivity contribution in [2.75, 3.05) is 25.7 Å². The van der Waals surface area contributed by atoms with Crippen molar-refractivity contribution < 1.29 is 23.9 Å². The zero-order valence-corrected chi connectivity index (χ0v) is 12.9. The van der Waals surface area contributed by atoms with E-state index in [0.717, 1.165) is 11.3 Å². The molecule has 1 aliphatic heterocycles. The fourth-order valence-electron chi connectivity index (χ4n) is 2.62. The molecule has 0 spiro atoms. The lowest BCUT2D eigenvalue weighted by Crippen LogP contribution is -2.51. The van der Waals surface area contributed by atoms with Gasteiger partial charge in [0, 0.05) is 11.8 Å². The lowest BCUT2D eigenvalue weighted by atomic mass is 9.73. The van der Waals surface area contributed by atoms with Gasteiger partial charge in [-0.15, -0.1) is 23.5 Å². The van der Waals surface area contributed by atoms with E-state index in [9.17, 15) is 14.4 Å². The van der Waals surface area contributed by atoms with Crippen molar-refractivity contribution in [2.45, 2.75) is 17.1 Å². The summed E-state index contributed by atoms with van der Waals surface area (Å²) in [6.45, 7) is 2.03. The number of ether oxygens (including phenoxy) is 2. The van der Waals surface area contributed by atoms with Crippen molar-refractivity contribution in [2.24, 2.45) is 11.8 Å². The smallest absolute Gasteiger partial charge is 0.419 e. The van der Waals surface area contributed by atoms with Gasteiger partial charge in [-0.05, 0) is 25.4 Å². The van der Waals surface area contributed by atoms with E-state index in [0.29, 0.717) is 13.0 Å². The Morgan fingerprint density at radius 2 is 2.15 bits per heavy atom. The molecule has 2 fully saturated rings. The molecule has 0 aromatic rings. The Hall–Kier alpha value is -0.890. The molecule has 2 aliphatic rings. The molecule has 0 N–H and O–H groups in total. The normalized spacial score (nSPS) is 25.9. The van der Waals surface area contributed by atoms with Gasteiger partial charge in [0.2, 0.25) is 10.2 Å². The first-order valence-corrected chi connectivity index (χ1v) is 8.68. The summed E-state index contributed by atoms with van der Waals surface area (Å²) in [5, 5.41) is 0. The highest BCUT2D eigenvalue weighted by Crippen LogP contribution is 2.53. The number of carbonyl (C=O) groups excluding carboxylic acids is 3. The number of nitrogens with zero attached hydrogens (tertiary/aromatic N) is 1. The number of carbonyl (C=O) groups is 2. The molecular weight excluding hydrogens is 302 g/mol. The number of cyclic esters (lactones) is 1. The molecule has 2 atom stereocenters. The third-order valence-electron chi connectivity index (χ3n) is 3.83. The number of hydrogen-bond acceptors (Lipinski definition) is 7. The molecule has 111 valence electrons. The summed E-state index contributed by atoms with van der Waals surface area (Å²) >= 11 is 2.76. The second-order valence-corrected chi connectivity index (χ2v) is 6.88. The van der Waals surface area contributed by atoms with Crippen molar-refractivity contribution >= 4 is 42.0 Å². The van der Waals surface area contributed by atoms with Crippen molar-refractivity contribution in [3.63, 3.8) is 0 Å². The van der Waals surface area contributed by atoms with Crippen LogP contribution >= 0.6 is 23.5 Å². The highest BCUT2D eigenvalue weighted by molar-refractivity contribution is 8.17. The van der Waals surface area contributed by atoms with Crippen molar-refractivity contribution in [1.82, 2.24) is 4.90 Å². The third-order valence-corrected chi connectivity index (χ3v) is 6.74. The minimum Gasteiger partial charge on any atom is -0.447 e. The monoisotopic (exact) mass is 318 g/mol. The maximum absolute atomic E-state index is 12.4. The Bertz CT molecular complexity index is 413. The van der Waals surface area contributed by atoms with Gasteiger partial charge >= 0.3 is 12.6 Å². The summed E-state index contributed by atoms with van der Waals surface area (Å²) in [5.74, 6) is -0.658. The summed E-state index contributed by atoms with van der Waals surface area (Å²) in [6, 6.07) is 0. The molecule has 8 heteroatoms. The summed E-state index contributed by atoms with van der Waals surface area (Å²) in [4.78, 5) is 35.6. The minimum absolute atomic E-state index is 0.116. The highest BCUT2D eigenvalue weighted by Gasteiger charge is 2.54. The molecule has 0 aromatic heterocycles. The van der Waals surface area contributed by atoms with Gasteiger partial charge in [-0.2, -0.15) is 0 Å². The Morgan fingerprint density at radius 1 is 1.45 bits per heavy atom. The average molecular weight is 318 g/mol. The molecule has 1 aliphatic carbocycles. The van der Waals surface area contributed by atoms with Crippen LogP contribution in [-0.4, -0.2) is 53.3 Å². The Labute approximate surface area is 125 Å². The summed E-state index contributed by atoms with van der Waals surface area (Å²) in [5.41, 5.74) is 0. The van der Waals surface area contributed by atoms with Gasteiger partial charge in [0.25, 0.3) is 0 Å². The van der Waals surface area contributed by atoms with Crippen LogP contribution in [0.1, 0.15) is 12.8 Å². The first-order valence-electron chi connectivity index (χ1n) is 6.23. The topological polar surface area (TPSA) is 72.9 Å². The Kier molecular flexibility index (Phi) is 4.85. The van der Waals surface area contributed by atoms with Crippen LogP contribution in [0.15, 0.2) is 0 Å². The number of thioether (sulfide) groups is 2. The standard InChI is InChI=1S/C12H16NO5S2/c1-19-12(20-2,18-7-14)9-4-3-8(9)10(15)13-5-6-17-11(13)16/h8-9H,3-6H2,1-2H3. The van der Waals surface area contributed by atoms with E-state index in [-0.39, 0.29) is 24.3 Å². The van der Waals surface area contributed by atoms with Crippen molar-refractivity contribution in [1.29, 1.82) is 0 Å². The fourth-order valence-corrected chi connectivity index (χ4v) is 4.69. The number of amides is 2. The second kappa shape index (κ2) is 6.26. The fraction of sp³-hybridized carbons (Fsp3) is 0.750. The van der Waals surface area contributed by atoms with Crippen LogP contribution in [0, 0.1) is 11.8 Å². The Morgan fingerprint density at radius 3 is 2.55 bits per heavy atom. The maximum Gasteiger partial charge on any atom is 0.419 e. The second-order valence-electron chi connectivity index (χ2n) is 4.59.